The summed E-state index contributed by atoms with van der Waals surface area (Å²) in [6.45, 7) is 0. The highest BCUT2D eigenvalue weighted by molar-refractivity contribution is 7.80. The number of benzene rings is 2. The molecule has 4 rings (SSSR count). The molecule has 0 radical (unpaired) electrons. The quantitative estimate of drug-likeness (QED) is 0.319. The predicted molar refractivity (Wildman–Crippen MR) is 118 cm³/mol. The van der Waals surface area contributed by atoms with Crippen LogP contribution in [0.1, 0.15) is 11.4 Å². The van der Waals surface area contributed by atoms with Crippen molar-refractivity contribution in [3.8, 4) is 0 Å². The first kappa shape index (κ1) is 17.7. The molecule has 0 saturated heterocycles. The molecule has 0 bridgehead atoms. The van der Waals surface area contributed by atoms with Crippen LogP contribution in [0.5, 0.6) is 0 Å². The van der Waals surface area contributed by atoms with Crippen LogP contribution in [0.15, 0.2) is 83.0 Å². The van der Waals surface area contributed by atoms with Crippen molar-refractivity contribution in [3.05, 3.63) is 84.2 Å². The molecule has 0 aliphatic rings. The minimum atomic E-state index is 0.272. The molecule has 28 heavy (non-hydrogen) atoms. The van der Waals surface area contributed by atoms with E-state index in [9.17, 15) is 0 Å². The third-order valence-corrected chi connectivity index (χ3v) is 4.15. The van der Waals surface area contributed by atoms with Crippen LogP contribution in [-0.4, -0.2) is 27.5 Å². The smallest absolute Gasteiger partial charge is 0.207 e. The van der Waals surface area contributed by atoms with E-state index in [4.69, 9.17) is 12.2 Å². The lowest BCUT2D eigenvalue weighted by Gasteiger charge is -2.02. The van der Waals surface area contributed by atoms with Crippen molar-refractivity contribution in [2.24, 2.45) is 10.2 Å². The number of nitrogens with one attached hydrogen (secondary N) is 2. The van der Waals surface area contributed by atoms with E-state index in [2.05, 4.69) is 31.0 Å². The van der Waals surface area contributed by atoms with E-state index in [1.165, 1.54) is 0 Å². The minimum absolute atomic E-state index is 0.272. The Bertz CT molecular complexity index is 1110. The first-order chi connectivity index (χ1) is 13.8. The lowest BCUT2D eigenvalue weighted by molar-refractivity contribution is 0.933. The second-order valence-corrected chi connectivity index (χ2v) is 6.34. The fourth-order valence-corrected chi connectivity index (χ4v) is 2.75. The van der Waals surface area contributed by atoms with Crippen LogP contribution in [0.2, 0.25) is 0 Å². The SMILES string of the molecule is S=C(N/N=C/c1ccc2ccccc2n1)N/N=C/c1ccc2ccccc2n1. The van der Waals surface area contributed by atoms with E-state index in [1.807, 2.05) is 72.8 Å². The molecule has 2 N–H and O–H groups in total. The molecule has 0 atom stereocenters. The van der Waals surface area contributed by atoms with E-state index in [1.54, 1.807) is 12.4 Å². The molecule has 0 aliphatic carbocycles. The number of fused-ring (bicyclic) bond motifs is 2. The van der Waals surface area contributed by atoms with Gasteiger partial charge in [-0.15, -0.1) is 0 Å². The molecule has 7 heteroatoms. The van der Waals surface area contributed by atoms with Crippen molar-refractivity contribution in [3.63, 3.8) is 0 Å². The van der Waals surface area contributed by atoms with Gasteiger partial charge in [0.05, 0.1) is 34.9 Å². The maximum atomic E-state index is 5.15. The number of hydrogen-bond donors (Lipinski definition) is 2. The van der Waals surface area contributed by atoms with E-state index >= 15 is 0 Å². The number of thiocarbonyl (C=S) groups is 1. The fourth-order valence-electron chi connectivity index (χ4n) is 2.65. The van der Waals surface area contributed by atoms with E-state index in [0.29, 0.717) is 0 Å². The third-order valence-electron chi connectivity index (χ3n) is 3.97. The standard InChI is InChI=1S/C21H16N6S/c28-21(26-22-13-17-11-9-15-5-1-3-7-19(15)24-17)27-23-14-18-12-10-16-6-2-4-8-20(16)25-18/h1-14H,(H2,26,27,28)/b22-13+,23-14+. The van der Waals surface area contributed by atoms with Crippen LogP contribution in [0.3, 0.4) is 0 Å². The molecule has 0 fully saturated rings. The largest absolute Gasteiger partial charge is 0.252 e. The normalized spacial score (nSPS) is 11.4. The van der Waals surface area contributed by atoms with Gasteiger partial charge in [0.2, 0.25) is 5.11 Å². The van der Waals surface area contributed by atoms with Gasteiger partial charge < -0.3 is 0 Å². The van der Waals surface area contributed by atoms with E-state index in [0.717, 1.165) is 33.2 Å². The summed E-state index contributed by atoms with van der Waals surface area (Å²) >= 11 is 5.15. The highest BCUT2D eigenvalue weighted by atomic mass is 32.1. The van der Waals surface area contributed by atoms with Gasteiger partial charge >= 0.3 is 0 Å². The Hall–Kier alpha value is -3.71. The number of hydrazone groups is 2. The number of aromatic nitrogens is 2. The van der Waals surface area contributed by atoms with Crippen molar-refractivity contribution in [2.45, 2.75) is 0 Å². The van der Waals surface area contributed by atoms with Gasteiger partial charge in [-0.1, -0.05) is 48.5 Å². The van der Waals surface area contributed by atoms with Gasteiger partial charge in [-0.2, -0.15) is 10.2 Å². The second-order valence-electron chi connectivity index (χ2n) is 5.93. The van der Waals surface area contributed by atoms with Crippen LogP contribution in [0.4, 0.5) is 0 Å². The Morgan fingerprint density at radius 2 is 1.14 bits per heavy atom. The molecule has 0 amide bonds. The van der Waals surface area contributed by atoms with Crippen LogP contribution >= 0.6 is 12.2 Å². The molecular weight excluding hydrogens is 368 g/mol. The van der Waals surface area contributed by atoms with E-state index in [-0.39, 0.29) is 5.11 Å². The summed E-state index contributed by atoms with van der Waals surface area (Å²) in [6.07, 6.45) is 3.21. The summed E-state index contributed by atoms with van der Waals surface area (Å²) < 4.78 is 0. The van der Waals surface area contributed by atoms with Gasteiger partial charge in [-0.05, 0) is 36.5 Å². The number of hydrogen-bond acceptors (Lipinski definition) is 5. The average Bonchev–Trinajstić information content (AvgIpc) is 2.73. The first-order valence-corrected chi connectivity index (χ1v) is 9.02. The Balaban J connectivity index is 1.33. The zero-order valence-corrected chi connectivity index (χ0v) is 15.6. The Labute approximate surface area is 167 Å². The van der Waals surface area contributed by atoms with Crippen LogP contribution in [0.25, 0.3) is 21.8 Å². The van der Waals surface area contributed by atoms with E-state index < -0.39 is 0 Å². The van der Waals surface area contributed by atoms with Crippen molar-refractivity contribution in [1.82, 2.24) is 20.8 Å². The highest BCUT2D eigenvalue weighted by Crippen LogP contribution is 2.11. The molecule has 2 aromatic heterocycles. The molecular formula is C21H16N6S. The monoisotopic (exact) mass is 384 g/mol. The molecule has 0 spiro atoms. The Kier molecular flexibility index (Phi) is 5.26. The summed E-state index contributed by atoms with van der Waals surface area (Å²) in [7, 11) is 0. The maximum absolute atomic E-state index is 5.15. The van der Waals surface area contributed by atoms with Gasteiger partial charge in [0.25, 0.3) is 0 Å². The zero-order valence-electron chi connectivity index (χ0n) is 14.8. The Morgan fingerprint density at radius 3 is 1.64 bits per heavy atom. The number of nitrogens with zero attached hydrogens (tertiary/aromatic N) is 4. The minimum Gasteiger partial charge on any atom is -0.252 e. The number of para-hydroxylation sites is 2. The zero-order chi connectivity index (χ0) is 19.2. The van der Waals surface area contributed by atoms with Gasteiger partial charge in [-0.3, -0.25) is 10.9 Å². The van der Waals surface area contributed by atoms with Crippen LogP contribution in [-0.2, 0) is 0 Å². The molecule has 0 unspecified atom stereocenters. The molecule has 6 nitrogen and oxygen atoms in total. The summed E-state index contributed by atoms with van der Waals surface area (Å²) in [5, 5.41) is 10.6. The predicted octanol–water partition coefficient (Wildman–Crippen LogP) is 3.62. The summed E-state index contributed by atoms with van der Waals surface area (Å²) in [5.74, 6) is 0. The summed E-state index contributed by atoms with van der Waals surface area (Å²) in [6, 6.07) is 23.6. The van der Waals surface area contributed by atoms with Crippen molar-refractivity contribution >= 4 is 51.6 Å². The molecule has 2 heterocycles. The topological polar surface area (TPSA) is 74.6 Å². The van der Waals surface area contributed by atoms with Gasteiger partial charge in [-0.25, -0.2) is 9.97 Å². The van der Waals surface area contributed by atoms with Crippen molar-refractivity contribution in [1.29, 1.82) is 0 Å². The molecule has 2 aromatic carbocycles. The van der Waals surface area contributed by atoms with Crippen LogP contribution < -0.4 is 10.9 Å². The molecule has 0 saturated carbocycles. The molecule has 0 aliphatic heterocycles. The molecule has 4 aromatic rings. The lowest BCUT2D eigenvalue weighted by atomic mass is 10.2. The van der Waals surface area contributed by atoms with Gasteiger partial charge in [0, 0.05) is 10.8 Å². The lowest BCUT2D eigenvalue weighted by Crippen LogP contribution is -2.28. The Morgan fingerprint density at radius 1 is 0.679 bits per heavy atom. The van der Waals surface area contributed by atoms with Crippen molar-refractivity contribution in [2.75, 3.05) is 0 Å². The van der Waals surface area contributed by atoms with Gasteiger partial charge in [0.1, 0.15) is 0 Å². The number of rotatable bonds is 4. The average molecular weight is 384 g/mol. The second kappa shape index (κ2) is 8.32. The summed E-state index contributed by atoms with van der Waals surface area (Å²) in [4.78, 5) is 9.02. The third kappa shape index (κ3) is 4.33. The number of pyridine rings is 2. The van der Waals surface area contributed by atoms with Crippen molar-refractivity contribution < 1.29 is 0 Å². The van der Waals surface area contributed by atoms with Crippen LogP contribution in [0, 0.1) is 0 Å². The highest BCUT2D eigenvalue weighted by Gasteiger charge is 1.97. The first-order valence-electron chi connectivity index (χ1n) is 8.62. The van der Waals surface area contributed by atoms with Gasteiger partial charge in [0.15, 0.2) is 0 Å². The summed E-state index contributed by atoms with van der Waals surface area (Å²) in [5.41, 5.74) is 8.72. The molecule has 136 valence electrons. The fraction of sp³-hybridized carbons (Fsp3) is 0. The maximum Gasteiger partial charge on any atom is 0.207 e.